The van der Waals surface area contributed by atoms with E-state index >= 15 is 0 Å². The van der Waals surface area contributed by atoms with E-state index in [0.29, 0.717) is 5.65 Å². The van der Waals surface area contributed by atoms with Gasteiger partial charge in [-0.25, -0.2) is 23.7 Å². The maximum Gasteiger partial charge on any atom is 0.181 e. The van der Waals surface area contributed by atoms with Crippen LogP contribution in [0.2, 0.25) is 0 Å². The Morgan fingerprint density at radius 2 is 1.54 bits per heavy atom. The van der Waals surface area contributed by atoms with Gasteiger partial charge >= 0.3 is 0 Å². The van der Waals surface area contributed by atoms with Gasteiger partial charge in [0.15, 0.2) is 5.65 Å². The van der Waals surface area contributed by atoms with Gasteiger partial charge in [-0.2, -0.15) is 0 Å². The molecular formula is C26H25F2N5OS. The number of thioether (sulfide) groups is 1. The Bertz CT molecular complexity index is 1280. The molecule has 2 aromatic carbocycles. The lowest BCUT2D eigenvalue weighted by Gasteiger charge is -2.37. The molecule has 0 radical (unpaired) electrons. The predicted molar refractivity (Wildman–Crippen MR) is 133 cm³/mol. The van der Waals surface area contributed by atoms with Gasteiger partial charge in [0, 0.05) is 13.1 Å². The van der Waals surface area contributed by atoms with E-state index in [-0.39, 0.29) is 17.0 Å². The van der Waals surface area contributed by atoms with Crippen molar-refractivity contribution in [3.05, 3.63) is 89.5 Å². The molecule has 3 heterocycles. The third-order valence-electron chi connectivity index (χ3n) is 6.21. The predicted octanol–water partition coefficient (Wildman–Crippen LogP) is 5.03. The second-order valence-corrected chi connectivity index (χ2v) is 9.66. The maximum atomic E-state index is 13.6. The van der Waals surface area contributed by atoms with Crippen LogP contribution in [0.1, 0.15) is 30.9 Å². The summed E-state index contributed by atoms with van der Waals surface area (Å²) in [6.07, 6.45) is 4.03. The number of rotatable bonds is 6. The molecule has 1 saturated heterocycles. The molecule has 9 heteroatoms. The van der Waals surface area contributed by atoms with Crippen LogP contribution in [0.25, 0.3) is 16.7 Å². The van der Waals surface area contributed by atoms with Gasteiger partial charge in [0.25, 0.3) is 0 Å². The van der Waals surface area contributed by atoms with E-state index in [9.17, 15) is 13.9 Å². The third-order valence-corrected chi connectivity index (χ3v) is 7.68. The molecule has 2 atom stereocenters. The lowest BCUT2D eigenvalue weighted by Crippen LogP contribution is -2.43. The summed E-state index contributed by atoms with van der Waals surface area (Å²) in [5, 5.41) is 11.2. The topological polar surface area (TPSA) is 77.9 Å². The van der Waals surface area contributed by atoms with Crippen molar-refractivity contribution in [1.29, 1.82) is 0 Å². The fraction of sp³-hybridized carbons (Fsp3) is 0.269. The van der Waals surface area contributed by atoms with E-state index in [0.717, 1.165) is 53.2 Å². The van der Waals surface area contributed by atoms with Gasteiger partial charge in [-0.1, -0.05) is 41.6 Å². The van der Waals surface area contributed by atoms with Gasteiger partial charge in [0.1, 0.15) is 28.5 Å². The molecule has 35 heavy (non-hydrogen) atoms. The number of aromatic nitrogens is 4. The highest BCUT2D eigenvalue weighted by Crippen LogP contribution is 2.36. The quantitative estimate of drug-likeness (QED) is 0.290. The molecule has 0 saturated carbocycles. The lowest BCUT2D eigenvalue weighted by atomic mass is 9.88. The molecule has 4 aromatic rings. The molecule has 2 N–H and O–H groups in total. The number of aliphatic hydroxyl groups excluding tert-OH is 1. The fourth-order valence-corrected chi connectivity index (χ4v) is 5.69. The van der Waals surface area contributed by atoms with Gasteiger partial charge in [0.05, 0.1) is 17.8 Å². The highest BCUT2D eigenvalue weighted by molar-refractivity contribution is 8.00. The SMILES string of the molecule is CC(O)C(Sc1ncnc2nc[nH]c12)N1CCC(=C(c2ccc(F)cc2)c2ccc(F)cc2)CC1. The first-order valence-corrected chi connectivity index (χ1v) is 12.3. The number of H-pyrrole nitrogens is 1. The monoisotopic (exact) mass is 493 g/mol. The second kappa shape index (κ2) is 10.2. The van der Waals surface area contributed by atoms with Crippen molar-refractivity contribution in [3.8, 4) is 0 Å². The number of imidazole rings is 1. The number of nitrogens with zero attached hydrogens (tertiary/aromatic N) is 4. The maximum absolute atomic E-state index is 13.6. The molecule has 6 nitrogen and oxygen atoms in total. The van der Waals surface area contributed by atoms with E-state index in [1.54, 1.807) is 37.5 Å². The summed E-state index contributed by atoms with van der Waals surface area (Å²) in [7, 11) is 0. The first kappa shape index (κ1) is 23.6. The largest absolute Gasteiger partial charge is 0.391 e. The second-order valence-electron chi connectivity index (χ2n) is 8.56. The molecule has 1 aliphatic heterocycles. The number of likely N-dealkylation sites (tertiary alicyclic amines) is 1. The molecule has 0 bridgehead atoms. The Labute approximate surface area is 206 Å². The van der Waals surface area contributed by atoms with Crippen LogP contribution in [-0.2, 0) is 0 Å². The van der Waals surface area contributed by atoms with Gasteiger partial charge in [0.2, 0.25) is 0 Å². The normalized spacial score (nSPS) is 16.4. The fourth-order valence-electron chi connectivity index (χ4n) is 4.53. The number of fused-ring (bicyclic) bond motifs is 1. The molecule has 0 amide bonds. The molecule has 180 valence electrons. The van der Waals surface area contributed by atoms with Crippen LogP contribution in [0.15, 0.2) is 71.8 Å². The summed E-state index contributed by atoms with van der Waals surface area (Å²) in [6, 6.07) is 12.9. The summed E-state index contributed by atoms with van der Waals surface area (Å²) >= 11 is 1.50. The van der Waals surface area contributed by atoms with Gasteiger partial charge in [-0.3, -0.25) is 4.90 Å². The zero-order valence-corrected chi connectivity index (χ0v) is 20.0. The number of benzene rings is 2. The van der Waals surface area contributed by atoms with Crippen LogP contribution >= 0.6 is 11.8 Å². The number of hydrogen-bond acceptors (Lipinski definition) is 6. The molecule has 1 fully saturated rings. The number of hydrogen-bond donors (Lipinski definition) is 2. The van der Waals surface area contributed by atoms with Crippen LogP contribution in [0.4, 0.5) is 8.78 Å². The third kappa shape index (κ3) is 5.12. The minimum Gasteiger partial charge on any atom is -0.391 e. The average molecular weight is 494 g/mol. The molecule has 1 aliphatic rings. The van der Waals surface area contributed by atoms with Gasteiger partial charge < -0.3 is 10.1 Å². The van der Waals surface area contributed by atoms with Gasteiger partial charge in [-0.05, 0) is 60.7 Å². The van der Waals surface area contributed by atoms with Crippen molar-refractivity contribution in [3.63, 3.8) is 0 Å². The number of aliphatic hydroxyl groups is 1. The molecule has 0 spiro atoms. The number of piperidine rings is 1. The van der Waals surface area contributed by atoms with E-state index in [1.165, 1.54) is 47.9 Å². The average Bonchev–Trinajstić information content (AvgIpc) is 3.35. The van der Waals surface area contributed by atoms with Crippen LogP contribution in [0, 0.1) is 11.6 Å². The lowest BCUT2D eigenvalue weighted by molar-refractivity contribution is 0.103. The van der Waals surface area contributed by atoms with Gasteiger partial charge in [-0.15, -0.1) is 0 Å². The Morgan fingerprint density at radius 3 is 2.11 bits per heavy atom. The first-order chi connectivity index (χ1) is 17.0. The molecular weight excluding hydrogens is 468 g/mol. The standard InChI is InChI=1S/C26H25F2N5OS/c1-16(34)26(35-25-23-24(30-14-29-23)31-15-32-25)33-12-10-19(11-13-33)22(17-2-6-20(27)7-3-17)18-4-8-21(28)9-5-18/h2-9,14-16,26,34H,10-13H2,1H3,(H,29,30,31,32). The summed E-state index contributed by atoms with van der Waals surface area (Å²) in [6.45, 7) is 3.26. The van der Waals surface area contributed by atoms with E-state index in [2.05, 4.69) is 24.8 Å². The Hall–Kier alpha value is -3.14. The molecule has 2 aromatic heterocycles. The van der Waals surface area contributed by atoms with E-state index < -0.39 is 6.10 Å². The van der Waals surface area contributed by atoms with Crippen LogP contribution in [0.3, 0.4) is 0 Å². The first-order valence-electron chi connectivity index (χ1n) is 11.5. The smallest absolute Gasteiger partial charge is 0.181 e. The summed E-state index contributed by atoms with van der Waals surface area (Å²) in [5.41, 5.74) is 5.42. The van der Waals surface area contributed by atoms with Crippen molar-refractivity contribution < 1.29 is 13.9 Å². The van der Waals surface area contributed by atoms with Crippen molar-refractivity contribution in [1.82, 2.24) is 24.8 Å². The number of aromatic amines is 1. The van der Waals surface area contributed by atoms with Crippen molar-refractivity contribution in [2.45, 2.75) is 36.3 Å². The van der Waals surface area contributed by atoms with Crippen molar-refractivity contribution >= 4 is 28.5 Å². The summed E-state index contributed by atoms with van der Waals surface area (Å²) in [4.78, 5) is 18.1. The summed E-state index contributed by atoms with van der Waals surface area (Å²) < 4.78 is 27.2. The molecule has 2 unspecified atom stereocenters. The minimum atomic E-state index is -0.591. The Morgan fingerprint density at radius 1 is 0.943 bits per heavy atom. The molecule has 0 aliphatic carbocycles. The summed E-state index contributed by atoms with van der Waals surface area (Å²) in [5.74, 6) is -0.583. The van der Waals surface area contributed by atoms with Crippen molar-refractivity contribution in [2.24, 2.45) is 0 Å². The van der Waals surface area contributed by atoms with Crippen molar-refractivity contribution in [2.75, 3.05) is 13.1 Å². The zero-order valence-electron chi connectivity index (χ0n) is 19.2. The number of halogens is 2. The van der Waals surface area contributed by atoms with Crippen LogP contribution < -0.4 is 0 Å². The minimum absolute atomic E-state index is 0.196. The van der Waals surface area contributed by atoms with Crippen LogP contribution in [0.5, 0.6) is 0 Å². The number of nitrogens with one attached hydrogen (secondary N) is 1. The zero-order chi connectivity index (χ0) is 24.4. The molecule has 5 rings (SSSR count). The van der Waals surface area contributed by atoms with E-state index in [4.69, 9.17) is 0 Å². The van der Waals surface area contributed by atoms with E-state index in [1.807, 2.05) is 0 Å². The van der Waals surface area contributed by atoms with Crippen LogP contribution in [-0.4, -0.2) is 54.5 Å². The Balaban J connectivity index is 1.41. The highest BCUT2D eigenvalue weighted by atomic mass is 32.2. The Kier molecular flexibility index (Phi) is 6.90. The highest BCUT2D eigenvalue weighted by Gasteiger charge is 2.29.